The Balaban J connectivity index is 2.16. The maximum atomic E-state index is 11.9. The van der Waals surface area contributed by atoms with Gasteiger partial charge in [0.15, 0.2) is 6.10 Å². The number of carbonyl (C=O) groups excluding carboxylic acids is 1. The minimum absolute atomic E-state index is 0.171. The summed E-state index contributed by atoms with van der Waals surface area (Å²) in [5.74, 6) is 0.171. The third-order valence-electron chi connectivity index (χ3n) is 3.06. The van der Waals surface area contributed by atoms with Gasteiger partial charge in [-0.15, -0.1) is 0 Å². The predicted molar refractivity (Wildman–Crippen MR) is 65.3 cm³/mol. The summed E-state index contributed by atoms with van der Waals surface area (Å²) in [7, 11) is 0. The molecule has 1 unspecified atom stereocenters. The van der Waals surface area contributed by atoms with E-state index < -0.39 is 6.10 Å². The lowest BCUT2D eigenvalue weighted by Crippen LogP contribution is -2.45. The van der Waals surface area contributed by atoms with Gasteiger partial charge in [0.05, 0.1) is 19.2 Å². The molecule has 0 spiro atoms. The van der Waals surface area contributed by atoms with Crippen LogP contribution in [0.3, 0.4) is 0 Å². The molecule has 17 heavy (non-hydrogen) atoms. The van der Waals surface area contributed by atoms with E-state index in [1.807, 2.05) is 0 Å². The Morgan fingerprint density at radius 3 is 2.88 bits per heavy atom. The molecule has 0 aliphatic carbocycles. The van der Waals surface area contributed by atoms with E-state index in [1.54, 1.807) is 4.90 Å². The molecular formula is C13H22N2O2. The molecular weight excluding hydrogens is 216 g/mol. The maximum absolute atomic E-state index is 11.9. The van der Waals surface area contributed by atoms with Crippen LogP contribution in [0.5, 0.6) is 0 Å². The average Bonchev–Trinajstić information content (AvgIpc) is 2.38. The number of amides is 1. The zero-order chi connectivity index (χ0) is 12.5. The SMILES string of the molecule is CCCCCCCC(=O)N1CCOC(C#N)C1. The van der Waals surface area contributed by atoms with Crippen molar-refractivity contribution in [3.63, 3.8) is 0 Å². The Morgan fingerprint density at radius 1 is 1.41 bits per heavy atom. The second-order valence-corrected chi connectivity index (χ2v) is 4.49. The summed E-state index contributed by atoms with van der Waals surface area (Å²) >= 11 is 0. The van der Waals surface area contributed by atoms with Crippen LogP contribution in [0.1, 0.15) is 45.4 Å². The molecule has 1 amide bonds. The van der Waals surface area contributed by atoms with Crippen molar-refractivity contribution >= 4 is 5.91 Å². The zero-order valence-corrected chi connectivity index (χ0v) is 10.7. The predicted octanol–water partition coefficient (Wildman–Crippen LogP) is 2.10. The molecule has 1 atom stereocenters. The van der Waals surface area contributed by atoms with Crippen molar-refractivity contribution in [3.05, 3.63) is 0 Å². The first-order valence-electron chi connectivity index (χ1n) is 6.57. The zero-order valence-electron chi connectivity index (χ0n) is 10.7. The molecule has 0 aromatic carbocycles. The number of ether oxygens (including phenoxy) is 1. The normalized spacial score (nSPS) is 20.0. The summed E-state index contributed by atoms with van der Waals surface area (Å²) in [6.07, 6.45) is 5.96. The van der Waals surface area contributed by atoms with Crippen LogP contribution < -0.4 is 0 Å². The Morgan fingerprint density at radius 2 is 2.18 bits per heavy atom. The van der Waals surface area contributed by atoms with Crippen LogP contribution in [0.4, 0.5) is 0 Å². The van der Waals surface area contributed by atoms with Crippen LogP contribution in [-0.2, 0) is 9.53 Å². The third kappa shape index (κ3) is 5.18. The maximum Gasteiger partial charge on any atom is 0.222 e. The van der Waals surface area contributed by atoms with E-state index in [4.69, 9.17) is 10.00 Å². The first-order chi connectivity index (χ1) is 8.27. The van der Waals surface area contributed by atoms with E-state index >= 15 is 0 Å². The fraction of sp³-hybridized carbons (Fsp3) is 0.846. The number of morpholine rings is 1. The molecule has 4 heteroatoms. The molecule has 4 nitrogen and oxygen atoms in total. The summed E-state index contributed by atoms with van der Waals surface area (Å²) < 4.78 is 5.21. The van der Waals surface area contributed by atoms with Crippen LogP contribution in [-0.4, -0.2) is 36.6 Å². The van der Waals surface area contributed by atoms with Gasteiger partial charge in [-0.3, -0.25) is 4.79 Å². The molecule has 0 aromatic heterocycles. The molecule has 1 rings (SSSR count). The minimum Gasteiger partial charge on any atom is -0.360 e. The van der Waals surface area contributed by atoms with E-state index in [-0.39, 0.29) is 5.91 Å². The number of hydrogen-bond acceptors (Lipinski definition) is 3. The van der Waals surface area contributed by atoms with Gasteiger partial charge in [-0.1, -0.05) is 32.6 Å². The largest absolute Gasteiger partial charge is 0.360 e. The molecule has 0 bridgehead atoms. The van der Waals surface area contributed by atoms with E-state index in [1.165, 1.54) is 19.3 Å². The Hall–Kier alpha value is -1.08. The van der Waals surface area contributed by atoms with Gasteiger partial charge in [0.25, 0.3) is 0 Å². The van der Waals surface area contributed by atoms with Crippen molar-refractivity contribution < 1.29 is 9.53 Å². The van der Waals surface area contributed by atoms with Crippen LogP contribution >= 0.6 is 0 Å². The molecule has 0 radical (unpaired) electrons. The van der Waals surface area contributed by atoms with Crippen molar-refractivity contribution in [2.75, 3.05) is 19.7 Å². The third-order valence-corrected chi connectivity index (χ3v) is 3.06. The highest BCUT2D eigenvalue weighted by Crippen LogP contribution is 2.10. The summed E-state index contributed by atoms with van der Waals surface area (Å²) in [4.78, 5) is 13.6. The monoisotopic (exact) mass is 238 g/mol. The second-order valence-electron chi connectivity index (χ2n) is 4.49. The summed E-state index contributed by atoms with van der Waals surface area (Å²) in [5, 5.41) is 8.75. The van der Waals surface area contributed by atoms with Gasteiger partial charge in [0, 0.05) is 13.0 Å². The quantitative estimate of drug-likeness (QED) is 0.666. The molecule has 96 valence electrons. The lowest BCUT2D eigenvalue weighted by Gasteiger charge is -2.29. The first kappa shape index (κ1) is 14.0. The smallest absolute Gasteiger partial charge is 0.222 e. The summed E-state index contributed by atoms with van der Waals surface area (Å²) in [6, 6.07) is 2.06. The fourth-order valence-corrected chi connectivity index (χ4v) is 1.99. The van der Waals surface area contributed by atoms with E-state index in [9.17, 15) is 4.79 Å². The Labute approximate surface area is 104 Å². The van der Waals surface area contributed by atoms with Gasteiger partial charge < -0.3 is 9.64 Å². The molecule has 0 saturated carbocycles. The minimum atomic E-state index is -0.437. The van der Waals surface area contributed by atoms with Crippen LogP contribution in [0.2, 0.25) is 0 Å². The van der Waals surface area contributed by atoms with E-state index in [2.05, 4.69) is 13.0 Å². The van der Waals surface area contributed by atoms with Crippen molar-refractivity contribution in [2.45, 2.75) is 51.6 Å². The molecule has 0 N–H and O–H groups in total. The number of hydrogen-bond donors (Lipinski definition) is 0. The highest BCUT2D eigenvalue weighted by Gasteiger charge is 2.23. The number of nitrogens with zero attached hydrogens (tertiary/aromatic N) is 2. The molecule has 1 saturated heterocycles. The van der Waals surface area contributed by atoms with Crippen LogP contribution in [0.15, 0.2) is 0 Å². The lowest BCUT2D eigenvalue weighted by molar-refractivity contribution is -0.137. The highest BCUT2D eigenvalue weighted by molar-refractivity contribution is 5.76. The average molecular weight is 238 g/mol. The van der Waals surface area contributed by atoms with Gasteiger partial charge in [-0.25, -0.2) is 0 Å². The molecule has 1 aliphatic heterocycles. The van der Waals surface area contributed by atoms with Gasteiger partial charge in [-0.2, -0.15) is 5.26 Å². The topological polar surface area (TPSA) is 53.3 Å². The molecule has 1 fully saturated rings. The Kier molecular flexibility index (Phi) is 6.64. The first-order valence-corrected chi connectivity index (χ1v) is 6.57. The Bertz CT molecular complexity index is 273. The highest BCUT2D eigenvalue weighted by atomic mass is 16.5. The van der Waals surface area contributed by atoms with Gasteiger partial charge >= 0.3 is 0 Å². The number of rotatable bonds is 6. The summed E-state index contributed by atoms with van der Waals surface area (Å²) in [6.45, 7) is 3.73. The van der Waals surface area contributed by atoms with Gasteiger partial charge in [0.1, 0.15) is 0 Å². The van der Waals surface area contributed by atoms with Gasteiger partial charge in [-0.05, 0) is 6.42 Å². The van der Waals surface area contributed by atoms with Gasteiger partial charge in [0.2, 0.25) is 5.91 Å². The van der Waals surface area contributed by atoms with Crippen molar-refractivity contribution in [3.8, 4) is 6.07 Å². The molecule has 1 heterocycles. The molecule has 1 aliphatic rings. The van der Waals surface area contributed by atoms with Crippen LogP contribution in [0.25, 0.3) is 0 Å². The van der Waals surface area contributed by atoms with E-state index in [0.29, 0.717) is 26.1 Å². The second kappa shape index (κ2) is 8.08. The van der Waals surface area contributed by atoms with Crippen LogP contribution in [0, 0.1) is 11.3 Å². The number of nitriles is 1. The van der Waals surface area contributed by atoms with Crippen molar-refractivity contribution in [2.24, 2.45) is 0 Å². The van der Waals surface area contributed by atoms with Crippen molar-refractivity contribution in [1.82, 2.24) is 4.90 Å². The van der Waals surface area contributed by atoms with Crippen molar-refractivity contribution in [1.29, 1.82) is 5.26 Å². The van der Waals surface area contributed by atoms with E-state index in [0.717, 1.165) is 12.8 Å². The fourth-order valence-electron chi connectivity index (χ4n) is 1.99. The number of unbranched alkanes of at least 4 members (excludes halogenated alkanes) is 4. The molecule has 0 aromatic rings. The summed E-state index contributed by atoms with van der Waals surface area (Å²) in [5.41, 5.74) is 0. The standard InChI is InChI=1S/C13H22N2O2/c1-2-3-4-5-6-7-13(16)15-8-9-17-12(10-14)11-15/h12H,2-9,11H2,1H3. The number of carbonyl (C=O) groups is 1. The lowest BCUT2D eigenvalue weighted by atomic mass is 10.1.